The SMILES string of the molecule is COc1ccc(N(C(=O)c2nnn(-c3cccc(C)c3)c2C)C(C)C2CC2)cc1. The highest BCUT2D eigenvalue weighted by atomic mass is 16.5. The monoisotopic (exact) mass is 390 g/mol. The second-order valence-electron chi connectivity index (χ2n) is 7.73. The van der Waals surface area contributed by atoms with E-state index in [1.165, 1.54) is 0 Å². The Morgan fingerprint density at radius 3 is 2.52 bits per heavy atom. The lowest BCUT2D eigenvalue weighted by molar-refractivity contribution is 0.0970. The molecule has 29 heavy (non-hydrogen) atoms. The number of aryl methyl sites for hydroxylation is 1. The third kappa shape index (κ3) is 3.75. The van der Waals surface area contributed by atoms with E-state index < -0.39 is 0 Å². The maximum Gasteiger partial charge on any atom is 0.281 e. The van der Waals surface area contributed by atoms with Gasteiger partial charge in [-0.25, -0.2) is 4.68 Å². The molecule has 0 saturated heterocycles. The van der Waals surface area contributed by atoms with Crippen LogP contribution in [0.5, 0.6) is 5.75 Å². The summed E-state index contributed by atoms with van der Waals surface area (Å²) in [6, 6.07) is 15.7. The Labute approximate surface area is 171 Å². The van der Waals surface area contributed by atoms with Gasteiger partial charge in [0, 0.05) is 11.7 Å². The zero-order valence-corrected chi connectivity index (χ0v) is 17.3. The number of benzene rings is 2. The molecule has 0 N–H and O–H groups in total. The largest absolute Gasteiger partial charge is 0.497 e. The standard InChI is InChI=1S/C23H26N4O2/c1-15-6-5-7-20(14-15)27-17(3)22(24-25-27)23(28)26(16(2)18-8-9-18)19-10-12-21(29-4)13-11-19/h5-7,10-14,16,18H,8-9H2,1-4H3. The summed E-state index contributed by atoms with van der Waals surface area (Å²) in [6.45, 7) is 6.04. The van der Waals surface area contributed by atoms with E-state index >= 15 is 0 Å². The van der Waals surface area contributed by atoms with Crippen LogP contribution >= 0.6 is 0 Å². The molecule has 150 valence electrons. The Morgan fingerprint density at radius 2 is 1.90 bits per heavy atom. The maximum absolute atomic E-state index is 13.6. The number of methoxy groups -OCH3 is 1. The van der Waals surface area contributed by atoms with Crippen LogP contribution < -0.4 is 9.64 Å². The van der Waals surface area contributed by atoms with E-state index in [0.29, 0.717) is 11.6 Å². The summed E-state index contributed by atoms with van der Waals surface area (Å²) >= 11 is 0. The fourth-order valence-electron chi connectivity index (χ4n) is 3.72. The molecular formula is C23H26N4O2. The molecule has 1 aliphatic rings. The van der Waals surface area contributed by atoms with Crippen LogP contribution in [0.2, 0.25) is 0 Å². The molecule has 1 saturated carbocycles. The molecular weight excluding hydrogens is 364 g/mol. The van der Waals surface area contributed by atoms with Crippen LogP contribution in [-0.2, 0) is 0 Å². The third-order valence-electron chi connectivity index (χ3n) is 5.62. The van der Waals surface area contributed by atoms with Crippen molar-refractivity contribution in [1.82, 2.24) is 15.0 Å². The van der Waals surface area contributed by atoms with Crippen LogP contribution in [0.4, 0.5) is 5.69 Å². The minimum absolute atomic E-state index is 0.0967. The second kappa shape index (κ2) is 7.70. The van der Waals surface area contributed by atoms with Gasteiger partial charge in [-0.15, -0.1) is 5.10 Å². The number of hydrogen-bond acceptors (Lipinski definition) is 4. The number of nitrogens with zero attached hydrogens (tertiary/aromatic N) is 4. The Bertz CT molecular complexity index is 1020. The third-order valence-corrected chi connectivity index (χ3v) is 5.62. The molecule has 0 bridgehead atoms. The summed E-state index contributed by atoms with van der Waals surface area (Å²) in [4.78, 5) is 15.4. The van der Waals surface area contributed by atoms with Crippen LogP contribution in [0.3, 0.4) is 0 Å². The van der Waals surface area contributed by atoms with Gasteiger partial charge in [0.15, 0.2) is 5.69 Å². The second-order valence-corrected chi connectivity index (χ2v) is 7.73. The topological polar surface area (TPSA) is 60.2 Å². The van der Waals surface area contributed by atoms with Gasteiger partial charge in [-0.3, -0.25) is 4.79 Å². The Morgan fingerprint density at radius 1 is 1.17 bits per heavy atom. The average Bonchev–Trinajstić information content (AvgIpc) is 3.50. The summed E-state index contributed by atoms with van der Waals surface area (Å²) in [5.41, 5.74) is 4.00. The van der Waals surface area contributed by atoms with Crippen molar-refractivity contribution in [2.45, 2.75) is 39.7 Å². The molecule has 1 unspecified atom stereocenters. The van der Waals surface area contributed by atoms with Gasteiger partial charge >= 0.3 is 0 Å². The number of rotatable bonds is 6. The molecule has 4 rings (SSSR count). The molecule has 0 aliphatic heterocycles. The summed E-state index contributed by atoms with van der Waals surface area (Å²) < 4.78 is 7.00. The number of carbonyl (C=O) groups excluding carboxylic acids is 1. The van der Waals surface area contributed by atoms with E-state index in [1.54, 1.807) is 11.8 Å². The lowest BCUT2D eigenvalue weighted by Gasteiger charge is -2.29. The highest BCUT2D eigenvalue weighted by Crippen LogP contribution is 2.38. The van der Waals surface area contributed by atoms with Crippen LogP contribution in [-0.4, -0.2) is 34.1 Å². The molecule has 3 aromatic rings. The number of anilines is 1. The van der Waals surface area contributed by atoms with Gasteiger partial charge in [-0.2, -0.15) is 0 Å². The molecule has 6 nitrogen and oxygen atoms in total. The summed E-state index contributed by atoms with van der Waals surface area (Å²) in [7, 11) is 1.64. The van der Waals surface area contributed by atoms with E-state index in [1.807, 2.05) is 67.3 Å². The van der Waals surface area contributed by atoms with Gasteiger partial charge in [-0.1, -0.05) is 17.3 Å². The minimum atomic E-state index is -0.119. The number of ether oxygens (including phenoxy) is 1. The quantitative estimate of drug-likeness (QED) is 0.628. The Hall–Kier alpha value is -3.15. The smallest absolute Gasteiger partial charge is 0.281 e. The van der Waals surface area contributed by atoms with Crippen molar-refractivity contribution >= 4 is 11.6 Å². The lowest BCUT2D eigenvalue weighted by atomic mass is 10.1. The fraction of sp³-hybridized carbons (Fsp3) is 0.348. The molecule has 1 heterocycles. The first-order valence-electron chi connectivity index (χ1n) is 9.96. The highest BCUT2D eigenvalue weighted by Gasteiger charge is 2.37. The van der Waals surface area contributed by atoms with E-state index in [-0.39, 0.29) is 11.9 Å². The van der Waals surface area contributed by atoms with Gasteiger partial charge in [-0.05, 0) is 81.5 Å². The van der Waals surface area contributed by atoms with Crippen molar-refractivity contribution in [2.75, 3.05) is 12.0 Å². The maximum atomic E-state index is 13.6. The average molecular weight is 390 g/mol. The van der Waals surface area contributed by atoms with E-state index in [2.05, 4.69) is 17.2 Å². The van der Waals surface area contributed by atoms with Crippen LogP contribution in [0, 0.1) is 19.8 Å². The number of carbonyl (C=O) groups is 1. The summed E-state index contributed by atoms with van der Waals surface area (Å²) in [6.07, 6.45) is 2.30. The molecule has 2 aromatic carbocycles. The van der Waals surface area contributed by atoms with Crippen molar-refractivity contribution in [3.8, 4) is 11.4 Å². The van der Waals surface area contributed by atoms with Crippen molar-refractivity contribution in [1.29, 1.82) is 0 Å². The molecule has 1 amide bonds. The van der Waals surface area contributed by atoms with Crippen molar-refractivity contribution in [3.05, 3.63) is 65.5 Å². The van der Waals surface area contributed by atoms with Gasteiger partial charge in [0.1, 0.15) is 5.75 Å². The number of amides is 1. The zero-order valence-electron chi connectivity index (χ0n) is 17.3. The fourth-order valence-corrected chi connectivity index (χ4v) is 3.72. The molecule has 0 spiro atoms. The predicted octanol–water partition coefficient (Wildman–Crippen LogP) is 4.34. The normalized spacial score (nSPS) is 14.5. The summed E-state index contributed by atoms with van der Waals surface area (Å²) in [5, 5.41) is 8.53. The molecule has 1 fully saturated rings. The first kappa shape index (κ1) is 19.2. The first-order chi connectivity index (χ1) is 14.0. The zero-order chi connectivity index (χ0) is 20.5. The van der Waals surface area contributed by atoms with Crippen LogP contribution in [0.1, 0.15) is 41.5 Å². The van der Waals surface area contributed by atoms with Crippen molar-refractivity contribution in [3.63, 3.8) is 0 Å². The highest BCUT2D eigenvalue weighted by molar-refractivity contribution is 6.06. The number of hydrogen-bond donors (Lipinski definition) is 0. The number of aromatic nitrogens is 3. The van der Waals surface area contributed by atoms with Crippen LogP contribution in [0.15, 0.2) is 48.5 Å². The van der Waals surface area contributed by atoms with Gasteiger partial charge in [0.2, 0.25) is 0 Å². The van der Waals surface area contributed by atoms with E-state index in [0.717, 1.165) is 41.2 Å². The molecule has 1 aliphatic carbocycles. The Kier molecular flexibility index (Phi) is 5.09. The molecule has 1 aromatic heterocycles. The summed E-state index contributed by atoms with van der Waals surface area (Å²) in [5.74, 6) is 1.17. The predicted molar refractivity (Wildman–Crippen MR) is 113 cm³/mol. The van der Waals surface area contributed by atoms with Gasteiger partial charge < -0.3 is 9.64 Å². The van der Waals surface area contributed by atoms with E-state index in [9.17, 15) is 4.79 Å². The van der Waals surface area contributed by atoms with E-state index in [4.69, 9.17) is 4.74 Å². The molecule has 6 heteroatoms. The first-order valence-corrected chi connectivity index (χ1v) is 9.96. The molecule has 0 radical (unpaired) electrons. The molecule has 1 atom stereocenters. The minimum Gasteiger partial charge on any atom is -0.497 e. The Balaban J connectivity index is 1.71. The van der Waals surface area contributed by atoms with Crippen molar-refractivity contribution in [2.24, 2.45) is 5.92 Å². The van der Waals surface area contributed by atoms with Gasteiger partial charge in [0.25, 0.3) is 5.91 Å². The van der Waals surface area contributed by atoms with Crippen LogP contribution in [0.25, 0.3) is 5.69 Å². The van der Waals surface area contributed by atoms with Crippen molar-refractivity contribution < 1.29 is 9.53 Å². The van der Waals surface area contributed by atoms with Gasteiger partial charge in [0.05, 0.1) is 18.5 Å². The lowest BCUT2D eigenvalue weighted by Crippen LogP contribution is -2.40.